The molecule has 0 fully saturated rings. The Kier molecular flexibility index (Phi) is 11.4. The topological polar surface area (TPSA) is 134 Å². The molecule has 0 aliphatic carbocycles. The second-order valence-electron chi connectivity index (χ2n) is 9.39. The van der Waals surface area contributed by atoms with Gasteiger partial charge in [-0.05, 0) is 35.4 Å². The molecule has 0 radical (unpaired) electrons. The van der Waals surface area contributed by atoms with Gasteiger partial charge in [0.05, 0.1) is 20.6 Å². The summed E-state index contributed by atoms with van der Waals surface area (Å²) in [5.41, 5.74) is 0.794. The lowest BCUT2D eigenvalue weighted by Crippen LogP contribution is -2.62. The highest BCUT2D eigenvalue weighted by Crippen LogP contribution is 2.37. The summed E-state index contributed by atoms with van der Waals surface area (Å²) in [6.45, 7) is 7.87. The first-order valence-corrected chi connectivity index (χ1v) is 13.8. The van der Waals surface area contributed by atoms with Crippen molar-refractivity contribution in [3.05, 3.63) is 40.8 Å². The molecule has 0 spiro atoms. The van der Waals surface area contributed by atoms with Crippen molar-refractivity contribution >= 4 is 45.3 Å². The number of anilines is 1. The molecule has 0 saturated heterocycles. The first-order valence-electron chi connectivity index (χ1n) is 12.0. The summed E-state index contributed by atoms with van der Waals surface area (Å²) in [5, 5.41) is 3.65. The van der Waals surface area contributed by atoms with Gasteiger partial charge in [0.2, 0.25) is 0 Å². The molecule has 1 heterocycles. The molecule has 0 saturated carbocycles. The van der Waals surface area contributed by atoms with Gasteiger partial charge >= 0.3 is 11.9 Å². The van der Waals surface area contributed by atoms with Gasteiger partial charge < -0.3 is 18.7 Å². The normalized spacial score (nSPS) is 13.8. The fourth-order valence-electron chi connectivity index (χ4n) is 4.08. The highest BCUT2D eigenvalue weighted by molar-refractivity contribution is 7.80. The molecule has 2 rings (SSSR count). The molecule has 0 aliphatic heterocycles. The zero-order valence-corrected chi connectivity index (χ0v) is 23.7. The number of ketones is 1. The highest BCUT2D eigenvalue weighted by Gasteiger charge is 2.48. The SMILES string of the molecule is COC(=O)CCC(=O)C(NCc1ccc(-c2cc(CC(C)C)sc2NS(=O)[O-])cc1)(C(=O)OC)C(C)C. The smallest absolute Gasteiger partial charge is 0.334 e. The minimum absolute atomic E-state index is 0.138. The van der Waals surface area contributed by atoms with Crippen LogP contribution in [0, 0.1) is 11.8 Å². The largest absolute Gasteiger partial charge is 0.755 e. The van der Waals surface area contributed by atoms with E-state index in [2.05, 4.69) is 28.6 Å². The molecule has 1 aromatic carbocycles. The van der Waals surface area contributed by atoms with E-state index in [0.717, 1.165) is 28.0 Å². The van der Waals surface area contributed by atoms with Crippen LogP contribution in [0.25, 0.3) is 11.1 Å². The Balaban J connectivity index is 2.29. The summed E-state index contributed by atoms with van der Waals surface area (Å²) in [7, 11) is 2.46. The van der Waals surface area contributed by atoms with Gasteiger partial charge in [-0.25, -0.2) is 4.79 Å². The van der Waals surface area contributed by atoms with Crippen molar-refractivity contribution < 1.29 is 32.6 Å². The van der Waals surface area contributed by atoms with Gasteiger partial charge in [-0.1, -0.05) is 52.0 Å². The number of esters is 2. The van der Waals surface area contributed by atoms with Gasteiger partial charge in [-0.15, -0.1) is 11.3 Å². The molecule has 0 bridgehead atoms. The van der Waals surface area contributed by atoms with Crippen molar-refractivity contribution in [2.75, 3.05) is 18.9 Å². The Morgan fingerprint density at radius 2 is 1.70 bits per heavy atom. The van der Waals surface area contributed by atoms with Crippen LogP contribution in [-0.4, -0.2) is 46.2 Å². The molecule has 11 heteroatoms. The number of carbonyl (C=O) groups is 3. The standard InChI is InChI=1S/C26H36N2O7S2/c1-16(2)13-20-14-21(24(36-20)28-37(32)33)19-9-7-18(8-10-19)15-27-26(17(3)4,25(31)35-6)22(29)11-12-23(30)34-5/h7-10,14,16-17,27-28H,11-13,15H2,1-6H3,(H,32,33)/p-1. The quantitative estimate of drug-likeness (QED) is 0.204. The van der Waals surface area contributed by atoms with Crippen molar-refractivity contribution in [3.63, 3.8) is 0 Å². The fourth-order valence-corrected chi connectivity index (χ4v) is 5.85. The predicted molar refractivity (Wildman–Crippen MR) is 144 cm³/mol. The van der Waals surface area contributed by atoms with Gasteiger partial charge in [0.15, 0.2) is 11.3 Å². The fraction of sp³-hybridized carbons (Fsp3) is 0.500. The second-order valence-corrected chi connectivity index (χ2v) is 11.2. The molecule has 0 aliphatic rings. The zero-order chi connectivity index (χ0) is 27.8. The molecule has 0 amide bonds. The van der Waals surface area contributed by atoms with Crippen LogP contribution in [0.4, 0.5) is 5.00 Å². The molecular weight excluding hydrogens is 516 g/mol. The molecule has 204 valence electrons. The van der Waals surface area contributed by atoms with E-state index >= 15 is 0 Å². The molecular formula is C26H35N2O7S2-. The number of nitrogens with one attached hydrogen (secondary N) is 2. The highest BCUT2D eigenvalue weighted by atomic mass is 32.2. The first-order chi connectivity index (χ1) is 17.4. The molecule has 2 N–H and O–H groups in total. The van der Waals surface area contributed by atoms with Gasteiger partial charge in [0.25, 0.3) is 0 Å². The number of rotatable bonds is 14. The van der Waals surface area contributed by atoms with Crippen LogP contribution >= 0.6 is 11.3 Å². The van der Waals surface area contributed by atoms with E-state index in [0.29, 0.717) is 10.9 Å². The Morgan fingerprint density at radius 3 is 2.22 bits per heavy atom. The van der Waals surface area contributed by atoms with Crippen LogP contribution in [0.1, 0.15) is 51.0 Å². The average Bonchev–Trinajstić information content (AvgIpc) is 3.23. The van der Waals surface area contributed by atoms with Crippen molar-refractivity contribution in [3.8, 4) is 11.1 Å². The van der Waals surface area contributed by atoms with Crippen LogP contribution in [0.5, 0.6) is 0 Å². The molecule has 9 nitrogen and oxygen atoms in total. The summed E-state index contributed by atoms with van der Waals surface area (Å²) in [5.74, 6) is -1.72. The number of hydrogen-bond donors (Lipinski definition) is 2. The maximum Gasteiger partial charge on any atom is 0.334 e. The third-order valence-electron chi connectivity index (χ3n) is 6.00. The van der Waals surface area contributed by atoms with Gasteiger partial charge in [0, 0.05) is 34.7 Å². The number of Topliss-reactive ketones (excluding diaryl/α,β-unsaturated/α-hetero) is 1. The number of thiophene rings is 1. The average molecular weight is 552 g/mol. The van der Waals surface area contributed by atoms with Crippen LogP contribution in [0.3, 0.4) is 0 Å². The van der Waals surface area contributed by atoms with E-state index in [1.165, 1.54) is 25.6 Å². The third kappa shape index (κ3) is 7.94. The number of benzene rings is 1. The summed E-state index contributed by atoms with van der Waals surface area (Å²) < 4.78 is 34.7. The predicted octanol–water partition coefficient (Wildman–Crippen LogP) is 4.00. The minimum atomic E-state index is -2.44. The number of carbonyl (C=O) groups excluding carboxylic acids is 3. The summed E-state index contributed by atoms with van der Waals surface area (Å²) in [6, 6.07) is 9.42. The summed E-state index contributed by atoms with van der Waals surface area (Å²) in [6.07, 6.45) is 0.530. The Labute approximate surface area is 224 Å². The summed E-state index contributed by atoms with van der Waals surface area (Å²) >= 11 is -1.03. The molecule has 1 aromatic heterocycles. The van der Waals surface area contributed by atoms with Crippen LogP contribution in [-0.2, 0) is 48.1 Å². The lowest BCUT2D eigenvalue weighted by molar-refractivity contribution is -0.157. The second kappa shape index (κ2) is 13.8. The van der Waals surface area contributed by atoms with Crippen LogP contribution in [0.2, 0.25) is 0 Å². The lowest BCUT2D eigenvalue weighted by atomic mass is 9.80. The number of methoxy groups -OCH3 is 2. The van der Waals surface area contributed by atoms with Gasteiger partial charge in [-0.2, -0.15) is 0 Å². The first kappa shape index (κ1) is 30.6. The Bertz CT molecular complexity index is 1110. The molecule has 2 unspecified atom stereocenters. The third-order valence-corrected chi connectivity index (χ3v) is 7.57. The van der Waals surface area contributed by atoms with E-state index in [4.69, 9.17) is 4.74 Å². The van der Waals surface area contributed by atoms with Gasteiger partial charge in [0.1, 0.15) is 5.00 Å². The van der Waals surface area contributed by atoms with Crippen LogP contribution in [0.15, 0.2) is 30.3 Å². The molecule has 2 aromatic rings. The monoisotopic (exact) mass is 551 g/mol. The van der Waals surface area contributed by atoms with Crippen molar-refractivity contribution in [1.29, 1.82) is 0 Å². The van der Waals surface area contributed by atoms with E-state index < -0.39 is 40.4 Å². The van der Waals surface area contributed by atoms with Crippen molar-refractivity contribution in [1.82, 2.24) is 5.32 Å². The number of hydrogen-bond acceptors (Lipinski definition) is 9. The number of ether oxygens (including phenoxy) is 2. The molecule has 2 atom stereocenters. The minimum Gasteiger partial charge on any atom is -0.755 e. The maximum atomic E-state index is 13.2. The maximum absolute atomic E-state index is 13.2. The van der Waals surface area contributed by atoms with Crippen molar-refractivity contribution in [2.45, 2.75) is 59.0 Å². The van der Waals surface area contributed by atoms with Crippen molar-refractivity contribution in [2.24, 2.45) is 11.8 Å². The lowest BCUT2D eigenvalue weighted by Gasteiger charge is -2.34. The van der Waals surface area contributed by atoms with Crippen LogP contribution < -0.4 is 10.0 Å². The zero-order valence-electron chi connectivity index (χ0n) is 22.0. The Hall–Kier alpha value is -2.60. The van der Waals surface area contributed by atoms with Gasteiger partial charge in [-0.3, -0.25) is 19.1 Å². The van der Waals surface area contributed by atoms with E-state index in [1.54, 1.807) is 13.8 Å². The summed E-state index contributed by atoms with van der Waals surface area (Å²) in [4.78, 5) is 38.6. The van der Waals surface area contributed by atoms with E-state index in [9.17, 15) is 23.1 Å². The van der Waals surface area contributed by atoms with E-state index in [1.807, 2.05) is 30.3 Å². The Morgan fingerprint density at radius 1 is 1.05 bits per heavy atom. The molecule has 37 heavy (non-hydrogen) atoms. The van der Waals surface area contributed by atoms with E-state index in [-0.39, 0.29) is 19.4 Å².